The van der Waals surface area contributed by atoms with E-state index in [2.05, 4.69) is 4.98 Å². The SMILES string of the molecule is CN(c1nc2ccccc2o1)C1CCN(c2ccccc2F)C1=O. The number of hydrogen-bond acceptors (Lipinski definition) is 4. The molecule has 0 N–H and O–H groups in total. The monoisotopic (exact) mass is 325 g/mol. The minimum Gasteiger partial charge on any atom is -0.423 e. The Morgan fingerprint density at radius 2 is 1.96 bits per heavy atom. The van der Waals surface area contributed by atoms with Gasteiger partial charge in [0.1, 0.15) is 17.4 Å². The van der Waals surface area contributed by atoms with Crippen LogP contribution in [0.2, 0.25) is 0 Å². The Morgan fingerprint density at radius 3 is 2.75 bits per heavy atom. The number of halogens is 1. The van der Waals surface area contributed by atoms with Crippen molar-refractivity contribution in [3.63, 3.8) is 0 Å². The normalized spacial score (nSPS) is 17.7. The fraction of sp³-hybridized carbons (Fsp3) is 0.222. The molecule has 1 amide bonds. The zero-order valence-corrected chi connectivity index (χ0v) is 13.1. The number of aromatic nitrogens is 1. The summed E-state index contributed by atoms with van der Waals surface area (Å²) in [6.45, 7) is 0.467. The van der Waals surface area contributed by atoms with Crippen LogP contribution in [0, 0.1) is 5.82 Å². The maximum Gasteiger partial charge on any atom is 0.298 e. The first-order valence-electron chi connectivity index (χ1n) is 7.79. The summed E-state index contributed by atoms with van der Waals surface area (Å²) >= 11 is 0. The smallest absolute Gasteiger partial charge is 0.298 e. The Labute approximate surface area is 138 Å². The van der Waals surface area contributed by atoms with E-state index in [1.165, 1.54) is 11.0 Å². The van der Waals surface area contributed by atoms with E-state index < -0.39 is 11.9 Å². The molecule has 0 spiro atoms. The summed E-state index contributed by atoms with van der Waals surface area (Å²) < 4.78 is 19.7. The van der Waals surface area contributed by atoms with Crippen molar-refractivity contribution in [3.05, 3.63) is 54.3 Å². The van der Waals surface area contributed by atoms with Crippen molar-refractivity contribution >= 4 is 28.7 Å². The molecule has 2 aromatic carbocycles. The molecule has 1 aromatic heterocycles. The molecule has 1 aliphatic rings. The number of carbonyl (C=O) groups excluding carboxylic acids is 1. The van der Waals surface area contributed by atoms with Crippen LogP contribution in [0.4, 0.5) is 16.1 Å². The summed E-state index contributed by atoms with van der Waals surface area (Å²) in [5.41, 5.74) is 1.74. The van der Waals surface area contributed by atoms with Crippen LogP contribution >= 0.6 is 0 Å². The van der Waals surface area contributed by atoms with Crippen molar-refractivity contribution in [1.82, 2.24) is 4.98 Å². The van der Waals surface area contributed by atoms with Gasteiger partial charge >= 0.3 is 0 Å². The second-order valence-corrected chi connectivity index (χ2v) is 5.82. The van der Waals surface area contributed by atoms with Gasteiger partial charge in [-0.05, 0) is 30.7 Å². The maximum absolute atomic E-state index is 14.0. The fourth-order valence-corrected chi connectivity index (χ4v) is 3.08. The third kappa shape index (κ3) is 2.31. The highest BCUT2D eigenvalue weighted by molar-refractivity contribution is 6.01. The Hall–Kier alpha value is -2.89. The van der Waals surface area contributed by atoms with Crippen LogP contribution in [-0.4, -0.2) is 30.5 Å². The predicted molar refractivity (Wildman–Crippen MR) is 89.6 cm³/mol. The van der Waals surface area contributed by atoms with Gasteiger partial charge in [-0.25, -0.2) is 4.39 Å². The fourth-order valence-electron chi connectivity index (χ4n) is 3.08. The lowest BCUT2D eigenvalue weighted by Crippen LogP contribution is -2.40. The standard InChI is InChI=1S/C18H16FN3O2/c1-21(18-20-13-7-3-5-9-16(13)24-18)15-10-11-22(17(15)23)14-8-4-2-6-12(14)19/h2-9,15H,10-11H2,1H3. The van der Waals surface area contributed by atoms with Gasteiger partial charge in [-0.15, -0.1) is 0 Å². The second kappa shape index (κ2) is 5.63. The first-order valence-corrected chi connectivity index (χ1v) is 7.79. The van der Waals surface area contributed by atoms with Crippen LogP contribution in [-0.2, 0) is 4.79 Å². The molecule has 0 bridgehead atoms. The third-order valence-electron chi connectivity index (χ3n) is 4.37. The van der Waals surface area contributed by atoms with Gasteiger partial charge in [-0.2, -0.15) is 4.98 Å². The quantitative estimate of drug-likeness (QED) is 0.742. The molecule has 0 radical (unpaired) electrons. The Balaban J connectivity index is 1.61. The highest BCUT2D eigenvalue weighted by atomic mass is 19.1. The maximum atomic E-state index is 14.0. The van der Waals surface area contributed by atoms with E-state index in [9.17, 15) is 9.18 Å². The molecular formula is C18H16FN3O2. The van der Waals surface area contributed by atoms with Crippen LogP contribution in [0.3, 0.4) is 0 Å². The van der Waals surface area contributed by atoms with Crippen molar-refractivity contribution in [3.8, 4) is 0 Å². The number of nitrogens with zero attached hydrogens (tertiary/aromatic N) is 3. The number of benzene rings is 2. The molecule has 0 aliphatic carbocycles. The van der Waals surface area contributed by atoms with Gasteiger partial charge in [-0.1, -0.05) is 24.3 Å². The molecule has 6 heteroatoms. The molecule has 1 fully saturated rings. The van der Waals surface area contributed by atoms with Gasteiger partial charge in [0.05, 0.1) is 5.69 Å². The molecule has 2 heterocycles. The number of para-hydroxylation sites is 3. The molecule has 4 rings (SSSR count). The molecule has 1 saturated heterocycles. The predicted octanol–water partition coefficient (Wildman–Crippen LogP) is 3.21. The second-order valence-electron chi connectivity index (χ2n) is 5.82. The Bertz CT molecular complexity index is 875. The number of hydrogen-bond donors (Lipinski definition) is 0. The van der Waals surface area contributed by atoms with Gasteiger partial charge < -0.3 is 14.2 Å². The van der Waals surface area contributed by atoms with Gasteiger partial charge in [0.25, 0.3) is 6.01 Å². The van der Waals surface area contributed by atoms with Crippen molar-refractivity contribution in [1.29, 1.82) is 0 Å². The summed E-state index contributed by atoms with van der Waals surface area (Å²) in [7, 11) is 1.78. The zero-order valence-electron chi connectivity index (χ0n) is 13.1. The topological polar surface area (TPSA) is 49.6 Å². The minimum absolute atomic E-state index is 0.148. The molecule has 1 unspecified atom stereocenters. The lowest BCUT2D eigenvalue weighted by atomic mass is 10.2. The van der Waals surface area contributed by atoms with E-state index >= 15 is 0 Å². The first-order chi connectivity index (χ1) is 11.6. The zero-order chi connectivity index (χ0) is 16.7. The summed E-state index contributed by atoms with van der Waals surface area (Å²) in [6.07, 6.45) is 0.586. The molecule has 24 heavy (non-hydrogen) atoms. The average molecular weight is 325 g/mol. The molecule has 1 aliphatic heterocycles. The molecule has 3 aromatic rings. The van der Waals surface area contributed by atoms with Crippen molar-refractivity contribution in [2.45, 2.75) is 12.5 Å². The van der Waals surface area contributed by atoms with Gasteiger partial charge in [0.15, 0.2) is 5.58 Å². The number of fused-ring (bicyclic) bond motifs is 1. The Kier molecular flexibility index (Phi) is 3.45. The van der Waals surface area contributed by atoms with E-state index in [0.29, 0.717) is 30.3 Å². The highest BCUT2D eigenvalue weighted by Gasteiger charge is 2.37. The van der Waals surface area contributed by atoms with Gasteiger partial charge in [0, 0.05) is 13.6 Å². The molecule has 122 valence electrons. The minimum atomic E-state index is -0.419. The van der Waals surface area contributed by atoms with Crippen LogP contribution in [0.1, 0.15) is 6.42 Å². The molecule has 5 nitrogen and oxygen atoms in total. The van der Waals surface area contributed by atoms with Crippen molar-refractivity contribution in [2.24, 2.45) is 0 Å². The number of anilines is 2. The molecule has 0 saturated carbocycles. The Morgan fingerprint density at radius 1 is 1.21 bits per heavy atom. The first kappa shape index (κ1) is 14.7. The molecule has 1 atom stereocenters. The van der Waals surface area contributed by atoms with Crippen LogP contribution in [0.15, 0.2) is 52.9 Å². The largest absolute Gasteiger partial charge is 0.423 e. The van der Waals surface area contributed by atoms with Crippen LogP contribution in [0.25, 0.3) is 11.1 Å². The van der Waals surface area contributed by atoms with Gasteiger partial charge in [-0.3, -0.25) is 4.79 Å². The van der Waals surface area contributed by atoms with Gasteiger partial charge in [0.2, 0.25) is 5.91 Å². The highest BCUT2D eigenvalue weighted by Crippen LogP contribution is 2.29. The number of likely N-dealkylation sites (N-methyl/N-ethyl adjacent to an activating group) is 1. The van der Waals surface area contributed by atoms with Crippen LogP contribution in [0.5, 0.6) is 0 Å². The number of carbonyl (C=O) groups is 1. The van der Waals surface area contributed by atoms with E-state index in [1.54, 1.807) is 30.1 Å². The van der Waals surface area contributed by atoms with Crippen molar-refractivity contribution in [2.75, 3.05) is 23.4 Å². The summed E-state index contributed by atoms with van der Waals surface area (Å²) in [4.78, 5) is 20.4. The lowest BCUT2D eigenvalue weighted by Gasteiger charge is -2.22. The number of rotatable bonds is 3. The third-order valence-corrected chi connectivity index (χ3v) is 4.37. The summed E-state index contributed by atoms with van der Waals surface area (Å²) in [5.74, 6) is -0.541. The van der Waals surface area contributed by atoms with E-state index in [4.69, 9.17) is 4.42 Å². The lowest BCUT2D eigenvalue weighted by molar-refractivity contribution is -0.118. The number of amides is 1. The summed E-state index contributed by atoms with van der Waals surface area (Å²) in [5, 5.41) is 0. The van der Waals surface area contributed by atoms with E-state index in [0.717, 1.165) is 5.52 Å². The molecular weight excluding hydrogens is 309 g/mol. The average Bonchev–Trinajstić information content (AvgIpc) is 3.18. The van der Waals surface area contributed by atoms with E-state index in [1.807, 2.05) is 24.3 Å². The van der Waals surface area contributed by atoms with Crippen molar-refractivity contribution < 1.29 is 13.6 Å². The number of oxazole rings is 1. The summed E-state index contributed by atoms with van der Waals surface area (Å²) in [6, 6.07) is 13.7. The van der Waals surface area contributed by atoms with Crippen LogP contribution < -0.4 is 9.80 Å². The van der Waals surface area contributed by atoms with E-state index in [-0.39, 0.29) is 5.91 Å².